The molecule has 3 rings (SSSR count). The lowest BCUT2D eigenvalue weighted by atomic mass is 10.0. The normalized spacial score (nSPS) is 20.6. The summed E-state index contributed by atoms with van der Waals surface area (Å²) in [6, 6.07) is 8.46. The number of amides is 4. The second-order valence-corrected chi connectivity index (χ2v) is 6.14. The van der Waals surface area contributed by atoms with E-state index in [0.29, 0.717) is 10.5 Å². The third-order valence-corrected chi connectivity index (χ3v) is 4.37. The molecule has 4 amide bonds. The Morgan fingerprint density at radius 2 is 1.86 bits per heavy atom. The number of hydrogen-bond acceptors (Lipinski definition) is 4. The maximum Gasteiger partial charge on any atom is 0.440 e. The molecular weight excluding hydrogens is 377 g/mol. The van der Waals surface area contributed by atoms with Crippen molar-refractivity contribution in [1.29, 1.82) is 0 Å². The Bertz CT molecular complexity index is 905. The lowest BCUT2D eigenvalue weighted by Crippen LogP contribution is -2.69. The largest absolute Gasteiger partial charge is 0.440 e. The summed E-state index contributed by atoms with van der Waals surface area (Å²) in [5.74, 6) is -2.81. The first kappa shape index (κ1) is 19.3. The van der Waals surface area contributed by atoms with Crippen molar-refractivity contribution in [3.8, 4) is 0 Å². The van der Waals surface area contributed by atoms with Crippen molar-refractivity contribution in [3.63, 3.8) is 0 Å². The van der Waals surface area contributed by atoms with Gasteiger partial charge in [0.1, 0.15) is 0 Å². The number of carbonyl (C=O) groups is 3. The van der Waals surface area contributed by atoms with Gasteiger partial charge >= 0.3 is 12.2 Å². The van der Waals surface area contributed by atoms with Gasteiger partial charge < -0.3 is 5.32 Å². The van der Waals surface area contributed by atoms with Crippen LogP contribution in [0.2, 0.25) is 0 Å². The summed E-state index contributed by atoms with van der Waals surface area (Å²) in [4.78, 5) is 41.5. The highest BCUT2D eigenvalue weighted by atomic mass is 19.4. The van der Waals surface area contributed by atoms with E-state index in [-0.39, 0.29) is 5.56 Å². The van der Waals surface area contributed by atoms with Gasteiger partial charge in [-0.1, -0.05) is 30.3 Å². The molecule has 2 heterocycles. The number of pyridine rings is 1. The quantitative estimate of drug-likeness (QED) is 0.782. The van der Waals surface area contributed by atoms with Crippen LogP contribution in [0.3, 0.4) is 0 Å². The molecule has 0 bridgehead atoms. The molecule has 1 fully saturated rings. The van der Waals surface area contributed by atoms with Crippen molar-refractivity contribution in [1.82, 2.24) is 20.5 Å². The van der Waals surface area contributed by atoms with Crippen molar-refractivity contribution < 1.29 is 27.6 Å². The van der Waals surface area contributed by atoms with Gasteiger partial charge in [-0.25, -0.2) is 4.79 Å². The molecule has 1 aliphatic rings. The van der Waals surface area contributed by atoms with Gasteiger partial charge in [-0.3, -0.25) is 24.8 Å². The monoisotopic (exact) mass is 392 g/mol. The Balaban J connectivity index is 1.97. The molecule has 28 heavy (non-hydrogen) atoms. The minimum absolute atomic E-state index is 0.192. The number of benzene rings is 1. The molecule has 1 saturated heterocycles. The van der Waals surface area contributed by atoms with E-state index in [1.54, 1.807) is 41.0 Å². The maximum atomic E-state index is 13.9. The van der Waals surface area contributed by atoms with E-state index >= 15 is 0 Å². The van der Waals surface area contributed by atoms with Gasteiger partial charge in [-0.15, -0.1) is 0 Å². The summed E-state index contributed by atoms with van der Waals surface area (Å²) >= 11 is 0. The molecule has 0 radical (unpaired) electrons. The second-order valence-electron chi connectivity index (χ2n) is 6.14. The molecule has 1 aromatic carbocycles. The van der Waals surface area contributed by atoms with Crippen LogP contribution in [0.15, 0.2) is 54.9 Å². The molecule has 0 saturated carbocycles. The summed E-state index contributed by atoms with van der Waals surface area (Å²) in [5, 5.41) is 3.26. The highest BCUT2D eigenvalue weighted by Crippen LogP contribution is 2.37. The fraction of sp³-hybridized carbons (Fsp3) is 0.222. The van der Waals surface area contributed by atoms with Crippen LogP contribution in [0.1, 0.15) is 28.9 Å². The predicted octanol–water partition coefficient (Wildman–Crippen LogP) is 2.38. The number of alkyl halides is 3. The number of imide groups is 1. The highest BCUT2D eigenvalue weighted by Gasteiger charge is 2.69. The second kappa shape index (κ2) is 6.95. The van der Waals surface area contributed by atoms with Crippen LogP contribution in [0.25, 0.3) is 0 Å². The van der Waals surface area contributed by atoms with Crippen LogP contribution in [0.4, 0.5) is 18.0 Å². The van der Waals surface area contributed by atoms with Crippen molar-refractivity contribution in [2.45, 2.75) is 24.8 Å². The maximum absolute atomic E-state index is 13.9. The molecule has 2 N–H and O–H groups in total. The Hall–Kier alpha value is -3.43. The van der Waals surface area contributed by atoms with Gasteiger partial charge in [0.05, 0.1) is 11.6 Å². The van der Waals surface area contributed by atoms with E-state index < -0.39 is 35.7 Å². The number of urea groups is 1. The van der Waals surface area contributed by atoms with E-state index in [9.17, 15) is 27.6 Å². The van der Waals surface area contributed by atoms with Crippen LogP contribution in [0.5, 0.6) is 0 Å². The van der Waals surface area contributed by atoms with E-state index in [4.69, 9.17) is 0 Å². The molecule has 0 spiro atoms. The fourth-order valence-corrected chi connectivity index (χ4v) is 2.87. The van der Waals surface area contributed by atoms with Crippen LogP contribution in [0, 0.1) is 0 Å². The Kier molecular flexibility index (Phi) is 4.80. The minimum Gasteiger partial charge on any atom is -0.314 e. The summed E-state index contributed by atoms with van der Waals surface area (Å²) < 4.78 is 41.6. The number of nitrogens with one attached hydrogen (secondary N) is 2. The van der Waals surface area contributed by atoms with Crippen LogP contribution >= 0.6 is 0 Å². The number of aromatic nitrogens is 1. The van der Waals surface area contributed by atoms with E-state index in [1.165, 1.54) is 25.3 Å². The first-order valence-corrected chi connectivity index (χ1v) is 8.17. The molecule has 7 nitrogen and oxygen atoms in total. The molecule has 0 aliphatic carbocycles. The third-order valence-electron chi connectivity index (χ3n) is 4.37. The molecule has 146 valence electrons. The van der Waals surface area contributed by atoms with Crippen LogP contribution < -0.4 is 10.6 Å². The zero-order valence-corrected chi connectivity index (χ0v) is 14.5. The number of rotatable bonds is 4. The number of halogens is 3. The molecule has 1 aliphatic heterocycles. The molecule has 2 aromatic rings. The predicted molar refractivity (Wildman–Crippen MR) is 90.7 cm³/mol. The third kappa shape index (κ3) is 3.17. The number of hydrogen-bond donors (Lipinski definition) is 2. The topological polar surface area (TPSA) is 91.4 Å². The van der Waals surface area contributed by atoms with Gasteiger partial charge in [-0.2, -0.15) is 13.2 Å². The van der Waals surface area contributed by atoms with E-state index in [1.807, 2.05) is 0 Å². The zero-order chi connectivity index (χ0) is 20.5. The molecule has 10 heteroatoms. The minimum atomic E-state index is -5.28. The van der Waals surface area contributed by atoms with E-state index in [0.717, 1.165) is 6.20 Å². The first-order valence-electron chi connectivity index (χ1n) is 8.17. The molecule has 1 aromatic heterocycles. The lowest BCUT2D eigenvalue weighted by Gasteiger charge is -2.30. The number of nitrogens with zero attached hydrogens (tertiary/aromatic N) is 2. The molecule has 2 atom stereocenters. The summed E-state index contributed by atoms with van der Waals surface area (Å²) in [5.41, 5.74) is -3.30. The standard InChI is InChI=1S/C18H15F3N4O3/c1-11(12-6-3-2-4-7-12)25-15(27)17(18(19,20)21,24-16(25)28)23-14(26)13-8-5-9-22-10-13/h2-11H,1H3,(H,23,26)(H,24,28)/t11-,17-/m0/s1. The van der Waals surface area contributed by atoms with Crippen molar-refractivity contribution >= 4 is 17.8 Å². The zero-order valence-electron chi connectivity index (χ0n) is 14.5. The highest BCUT2D eigenvalue weighted by molar-refractivity contribution is 6.10. The average Bonchev–Trinajstić information content (AvgIpc) is 2.93. The Morgan fingerprint density at radius 3 is 2.43 bits per heavy atom. The Morgan fingerprint density at radius 1 is 1.18 bits per heavy atom. The summed E-state index contributed by atoms with van der Waals surface area (Å²) in [6.07, 6.45) is -2.89. The lowest BCUT2D eigenvalue weighted by molar-refractivity contribution is -0.200. The first-order chi connectivity index (χ1) is 13.2. The smallest absolute Gasteiger partial charge is 0.314 e. The Labute approximate surface area is 157 Å². The van der Waals surface area contributed by atoms with Gasteiger partial charge in [0.15, 0.2) is 0 Å². The van der Waals surface area contributed by atoms with Crippen LogP contribution in [-0.2, 0) is 4.79 Å². The van der Waals surface area contributed by atoms with Gasteiger partial charge in [0, 0.05) is 12.4 Å². The average molecular weight is 392 g/mol. The van der Waals surface area contributed by atoms with E-state index in [2.05, 4.69) is 4.98 Å². The van der Waals surface area contributed by atoms with Crippen molar-refractivity contribution in [2.75, 3.05) is 0 Å². The molecule has 0 unspecified atom stereocenters. The van der Waals surface area contributed by atoms with Gasteiger partial charge in [0.2, 0.25) is 0 Å². The number of carbonyl (C=O) groups excluding carboxylic acids is 3. The summed E-state index contributed by atoms with van der Waals surface area (Å²) in [7, 11) is 0. The van der Waals surface area contributed by atoms with Crippen molar-refractivity contribution in [3.05, 3.63) is 66.0 Å². The molecular formula is C18H15F3N4O3. The summed E-state index contributed by atoms with van der Waals surface area (Å²) in [6.45, 7) is 1.42. The van der Waals surface area contributed by atoms with Crippen LogP contribution in [-0.4, -0.2) is 39.6 Å². The van der Waals surface area contributed by atoms with Crippen molar-refractivity contribution in [2.24, 2.45) is 0 Å². The fourth-order valence-electron chi connectivity index (χ4n) is 2.87. The SMILES string of the molecule is C[C@@H](c1ccccc1)N1C(=O)N[C@](NC(=O)c2cccnc2)(C(F)(F)F)C1=O. The van der Waals surface area contributed by atoms with Gasteiger partial charge in [0.25, 0.3) is 17.5 Å². The van der Waals surface area contributed by atoms with Gasteiger partial charge in [-0.05, 0) is 24.6 Å².